The number of carboxylic acid groups (broad SMARTS) is 1. The number of thiazole rings is 1. The number of likely N-dealkylation sites (tertiary alicyclic amines) is 2. The number of aromatic nitrogens is 1. The lowest BCUT2D eigenvalue weighted by molar-refractivity contribution is -0.192. The molecule has 2 atom stereocenters. The van der Waals surface area contributed by atoms with E-state index in [9.17, 15) is 22.8 Å². The minimum absolute atomic E-state index is 0.0278. The normalized spacial score (nSPS) is 24.1. The monoisotopic (exact) mass is 504 g/mol. The molecule has 2 N–H and O–H groups in total. The van der Waals surface area contributed by atoms with Gasteiger partial charge in [-0.05, 0) is 38.6 Å². The third-order valence-electron chi connectivity index (χ3n) is 6.86. The molecule has 3 saturated heterocycles. The van der Waals surface area contributed by atoms with E-state index in [1.165, 1.54) is 17.8 Å². The maximum absolute atomic E-state index is 12.7. The molecular formula is C22H31F3N4O4S. The van der Waals surface area contributed by atoms with Crippen LogP contribution in [-0.2, 0) is 9.59 Å². The lowest BCUT2D eigenvalue weighted by Gasteiger charge is -2.42. The van der Waals surface area contributed by atoms with E-state index < -0.39 is 12.1 Å². The zero-order chi connectivity index (χ0) is 25.3. The van der Waals surface area contributed by atoms with E-state index in [0.29, 0.717) is 30.6 Å². The number of carboxylic acids is 1. The van der Waals surface area contributed by atoms with Crippen molar-refractivity contribution in [3.63, 3.8) is 0 Å². The molecule has 3 fully saturated rings. The molecular weight excluding hydrogens is 473 g/mol. The molecule has 3 aliphatic rings. The lowest BCUT2D eigenvalue weighted by Crippen LogP contribution is -2.56. The van der Waals surface area contributed by atoms with E-state index in [0.717, 1.165) is 37.5 Å². The Morgan fingerprint density at radius 3 is 2.41 bits per heavy atom. The second kappa shape index (κ2) is 10.2. The molecule has 0 radical (unpaired) electrons. The first-order valence-electron chi connectivity index (χ1n) is 11.4. The maximum Gasteiger partial charge on any atom is 0.490 e. The standard InChI is InChI=1S/C20H30N4O2S.C2HF3O2/c1-13(2)4-7-23-10-15-16(11-23)20(22-18(15)25)5-8-24(9-6-20)19(26)17-12-27-14(3)21-17;3-2(4,5)1(6)7/h12-13,15-16H,4-11H2,1-3H3,(H,22,25);(H,6,7)/t15-,16+;/m1./s1. The largest absolute Gasteiger partial charge is 0.490 e. The van der Waals surface area contributed by atoms with Crippen LogP contribution in [-0.4, -0.2) is 82.1 Å². The summed E-state index contributed by atoms with van der Waals surface area (Å²) < 4.78 is 31.7. The number of rotatable bonds is 4. The van der Waals surface area contributed by atoms with Crippen molar-refractivity contribution in [2.45, 2.75) is 51.7 Å². The molecule has 0 unspecified atom stereocenters. The van der Waals surface area contributed by atoms with Crippen LogP contribution in [0.1, 0.15) is 48.6 Å². The van der Waals surface area contributed by atoms with Crippen LogP contribution in [0.5, 0.6) is 0 Å². The molecule has 1 aromatic rings. The minimum atomic E-state index is -5.08. The van der Waals surface area contributed by atoms with E-state index in [1.54, 1.807) is 0 Å². The fourth-order valence-electron chi connectivity index (χ4n) is 4.99. The number of nitrogens with zero attached hydrogens (tertiary/aromatic N) is 3. The molecule has 0 aliphatic carbocycles. The molecule has 4 heterocycles. The van der Waals surface area contributed by atoms with Gasteiger partial charge in [-0.15, -0.1) is 11.3 Å². The summed E-state index contributed by atoms with van der Waals surface area (Å²) in [5.41, 5.74) is 0.436. The van der Waals surface area contributed by atoms with Crippen LogP contribution in [0, 0.1) is 24.7 Å². The highest BCUT2D eigenvalue weighted by atomic mass is 32.1. The number of alkyl halides is 3. The van der Waals surface area contributed by atoms with E-state index >= 15 is 0 Å². The van der Waals surface area contributed by atoms with Gasteiger partial charge < -0.3 is 20.2 Å². The molecule has 190 valence electrons. The Kier molecular flexibility index (Phi) is 7.91. The second-order valence-electron chi connectivity index (χ2n) is 9.65. The fraction of sp³-hybridized carbons (Fsp3) is 0.727. The molecule has 1 aromatic heterocycles. The molecule has 4 rings (SSSR count). The smallest absolute Gasteiger partial charge is 0.475 e. The Morgan fingerprint density at radius 2 is 1.91 bits per heavy atom. The molecule has 3 aliphatic heterocycles. The zero-order valence-corrected chi connectivity index (χ0v) is 20.3. The van der Waals surface area contributed by atoms with E-state index in [4.69, 9.17) is 9.90 Å². The summed E-state index contributed by atoms with van der Waals surface area (Å²) in [5, 5.41) is 13.2. The predicted octanol–water partition coefficient (Wildman–Crippen LogP) is 2.78. The van der Waals surface area contributed by atoms with Gasteiger partial charge in [0.15, 0.2) is 0 Å². The lowest BCUT2D eigenvalue weighted by atomic mass is 9.75. The fourth-order valence-corrected chi connectivity index (χ4v) is 5.58. The average Bonchev–Trinajstić information content (AvgIpc) is 3.44. The van der Waals surface area contributed by atoms with Gasteiger partial charge in [-0.1, -0.05) is 13.8 Å². The van der Waals surface area contributed by atoms with Gasteiger partial charge >= 0.3 is 12.1 Å². The van der Waals surface area contributed by atoms with Crippen LogP contribution in [0.2, 0.25) is 0 Å². The van der Waals surface area contributed by atoms with Gasteiger partial charge in [-0.3, -0.25) is 9.59 Å². The summed E-state index contributed by atoms with van der Waals surface area (Å²) in [6.07, 6.45) is -2.19. The predicted molar refractivity (Wildman–Crippen MR) is 119 cm³/mol. The number of hydrogen-bond donors (Lipinski definition) is 2. The molecule has 34 heavy (non-hydrogen) atoms. The van der Waals surface area contributed by atoms with Gasteiger partial charge in [0.05, 0.1) is 10.9 Å². The average molecular weight is 505 g/mol. The quantitative estimate of drug-likeness (QED) is 0.654. The van der Waals surface area contributed by atoms with E-state index in [2.05, 4.69) is 29.0 Å². The number of halogens is 3. The number of amides is 2. The van der Waals surface area contributed by atoms with Gasteiger partial charge in [0.1, 0.15) is 5.69 Å². The van der Waals surface area contributed by atoms with Crippen LogP contribution in [0.15, 0.2) is 5.38 Å². The number of piperidine rings is 1. The highest BCUT2D eigenvalue weighted by Gasteiger charge is 2.57. The van der Waals surface area contributed by atoms with Crippen molar-refractivity contribution in [1.82, 2.24) is 20.1 Å². The topological polar surface area (TPSA) is 103 Å². The number of aliphatic carboxylic acids is 1. The summed E-state index contributed by atoms with van der Waals surface area (Å²) in [4.78, 5) is 42.9. The summed E-state index contributed by atoms with van der Waals surface area (Å²) in [6, 6.07) is 0. The highest BCUT2D eigenvalue weighted by Crippen LogP contribution is 2.44. The number of nitrogens with one attached hydrogen (secondary N) is 1. The van der Waals surface area contributed by atoms with Gasteiger partial charge in [0.2, 0.25) is 5.91 Å². The molecule has 8 nitrogen and oxygen atoms in total. The van der Waals surface area contributed by atoms with E-state index in [1.807, 2.05) is 17.2 Å². The zero-order valence-electron chi connectivity index (χ0n) is 19.5. The molecule has 0 saturated carbocycles. The Morgan fingerprint density at radius 1 is 1.29 bits per heavy atom. The van der Waals surface area contributed by atoms with Gasteiger partial charge in [0.25, 0.3) is 5.91 Å². The van der Waals surface area contributed by atoms with Crippen molar-refractivity contribution >= 4 is 29.1 Å². The third kappa shape index (κ3) is 5.88. The van der Waals surface area contributed by atoms with Crippen LogP contribution in [0.4, 0.5) is 13.2 Å². The number of fused-ring (bicyclic) bond motifs is 2. The van der Waals surface area contributed by atoms with Gasteiger partial charge in [-0.25, -0.2) is 9.78 Å². The molecule has 1 spiro atoms. The van der Waals surface area contributed by atoms with Crippen molar-refractivity contribution in [2.24, 2.45) is 17.8 Å². The molecule has 2 amide bonds. The number of carbonyl (C=O) groups excluding carboxylic acids is 2. The summed E-state index contributed by atoms with van der Waals surface area (Å²) in [5.74, 6) is -1.30. The van der Waals surface area contributed by atoms with Crippen molar-refractivity contribution < 1.29 is 32.7 Å². The third-order valence-corrected chi connectivity index (χ3v) is 7.63. The van der Waals surface area contributed by atoms with Crippen LogP contribution in [0.25, 0.3) is 0 Å². The highest BCUT2D eigenvalue weighted by molar-refractivity contribution is 7.09. The van der Waals surface area contributed by atoms with Crippen molar-refractivity contribution in [1.29, 1.82) is 0 Å². The van der Waals surface area contributed by atoms with Crippen molar-refractivity contribution in [3.8, 4) is 0 Å². The van der Waals surface area contributed by atoms with Crippen LogP contribution < -0.4 is 5.32 Å². The Hall–Kier alpha value is -2.21. The Bertz CT molecular complexity index is 912. The SMILES string of the molecule is Cc1nc(C(=O)N2CCC3(CC2)NC(=O)[C@@H]2CN(CCC(C)C)C[C@@H]23)cs1.O=C(O)C(F)(F)F. The molecule has 0 bridgehead atoms. The Labute approximate surface area is 200 Å². The molecule has 0 aromatic carbocycles. The Balaban J connectivity index is 0.000000406. The minimum Gasteiger partial charge on any atom is -0.475 e. The number of hydrogen-bond acceptors (Lipinski definition) is 6. The number of aryl methyl sites for hydroxylation is 1. The first-order chi connectivity index (χ1) is 15.8. The summed E-state index contributed by atoms with van der Waals surface area (Å²) in [6.45, 7) is 10.8. The van der Waals surface area contributed by atoms with Gasteiger partial charge in [0, 0.05) is 43.0 Å². The van der Waals surface area contributed by atoms with Crippen molar-refractivity contribution in [2.75, 3.05) is 32.7 Å². The van der Waals surface area contributed by atoms with Crippen molar-refractivity contribution in [3.05, 3.63) is 16.1 Å². The molecule has 12 heteroatoms. The first kappa shape index (κ1) is 26.4. The number of carbonyl (C=O) groups is 3. The first-order valence-corrected chi connectivity index (χ1v) is 12.3. The summed E-state index contributed by atoms with van der Waals surface area (Å²) >= 11 is 1.51. The summed E-state index contributed by atoms with van der Waals surface area (Å²) in [7, 11) is 0. The van der Waals surface area contributed by atoms with Gasteiger partial charge in [-0.2, -0.15) is 13.2 Å². The van der Waals surface area contributed by atoms with Crippen LogP contribution >= 0.6 is 11.3 Å². The maximum atomic E-state index is 12.7. The van der Waals surface area contributed by atoms with Crippen LogP contribution in [0.3, 0.4) is 0 Å². The second-order valence-corrected chi connectivity index (χ2v) is 10.7. The van der Waals surface area contributed by atoms with E-state index in [-0.39, 0.29) is 23.3 Å².